The smallest absolute Gasteiger partial charge is 0.357 e. The fourth-order valence-electron chi connectivity index (χ4n) is 1.81. The summed E-state index contributed by atoms with van der Waals surface area (Å²) < 4.78 is 0. The van der Waals surface area contributed by atoms with E-state index in [2.05, 4.69) is 9.68 Å². The summed E-state index contributed by atoms with van der Waals surface area (Å²) in [5.74, 6) is 8.25. The van der Waals surface area contributed by atoms with Gasteiger partial charge in [-0.05, 0) is 17.5 Å². The van der Waals surface area contributed by atoms with E-state index >= 15 is 0 Å². The number of hydrogen-bond donors (Lipinski definition) is 2. The standard InChI is InChI=1S/C12H10N2O4/c13-17-11(15)8-5-1-3-7-4-2-6-9(10(7)8)12(16)18-14/h1-6H,13-14H2. The third kappa shape index (κ3) is 1.90. The van der Waals surface area contributed by atoms with Crippen LogP contribution >= 0.6 is 0 Å². The molecule has 0 aliphatic rings. The van der Waals surface area contributed by atoms with E-state index in [0.717, 1.165) is 0 Å². The van der Waals surface area contributed by atoms with Crippen LogP contribution in [0.25, 0.3) is 10.8 Å². The number of nitrogens with two attached hydrogens (primary N) is 2. The molecule has 0 spiro atoms. The SMILES string of the molecule is NOC(=O)c1cccc2cccc(C(=O)ON)c12. The van der Waals surface area contributed by atoms with Gasteiger partial charge >= 0.3 is 11.9 Å². The maximum Gasteiger partial charge on any atom is 0.357 e. The van der Waals surface area contributed by atoms with Crippen LogP contribution in [0.15, 0.2) is 36.4 Å². The van der Waals surface area contributed by atoms with Gasteiger partial charge in [-0.2, -0.15) is 11.8 Å². The van der Waals surface area contributed by atoms with Crippen LogP contribution in [0.5, 0.6) is 0 Å². The molecular formula is C12H10N2O4. The summed E-state index contributed by atoms with van der Waals surface area (Å²) >= 11 is 0. The predicted octanol–water partition coefficient (Wildman–Crippen LogP) is 0.901. The molecule has 0 fully saturated rings. The molecule has 0 saturated carbocycles. The Hall–Kier alpha value is -2.44. The Labute approximate surface area is 102 Å². The Kier molecular flexibility index (Phi) is 3.22. The molecule has 0 saturated heterocycles. The van der Waals surface area contributed by atoms with Crippen LogP contribution in [0.2, 0.25) is 0 Å². The second-order valence-electron chi connectivity index (χ2n) is 3.52. The predicted molar refractivity (Wildman–Crippen MR) is 63.2 cm³/mol. The lowest BCUT2D eigenvalue weighted by atomic mass is 9.99. The van der Waals surface area contributed by atoms with Crippen molar-refractivity contribution in [3.05, 3.63) is 47.5 Å². The topological polar surface area (TPSA) is 105 Å². The Balaban J connectivity index is 2.80. The van der Waals surface area contributed by atoms with E-state index in [1.165, 1.54) is 12.1 Å². The van der Waals surface area contributed by atoms with Crippen LogP contribution in [0.1, 0.15) is 20.7 Å². The lowest BCUT2D eigenvalue weighted by Crippen LogP contribution is -2.14. The first-order valence-corrected chi connectivity index (χ1v) is 5.03. The average molecular weight is 246 g/mol. The maximum atomic E-state index is 11.6. The van der Waals surface area contributed by atoms with Gasteiger partial charge in [-0.15, -0.1) is 0 Å². The van der Waals surface area contributed by atoms with Gasteiger partial charge < -0.3 is 9.68 Å². The van der Waals surface area contributed by atoms with Gasteiger partial charge in [-0.1, -0.05) is 24.3 Å². The van der Waals surface area contributed by atoms with Gasteiger partial charge in [-0.3, -0.25) is 0 Å². The van der Waals surface area contributed by atoms with Gasteiger partial charge in [0, 0.05) is 5.39 Å². The van der Waals surface area contributed by atoms with Crippen molar-refractivity contribution in [2.75, 3.05) is 0 Å². The van der Waals surface area contributed by atoms with Gasteiger partial charge in [0.15, 0.2) is 0 Å². The lowest BCUT2D eigenvalue weighted by molar-refractivity contribution is 0.0505. The van der Waals surface area contributed by atoms with Crippen molar-refractivity contribution in [1.82, 2.24) is 0 Å². The molecule has 18 heavy (non-hydrogen) atoms. The first-order valence-electron chi connectivity index (χ1n) is 5.03. The van der Waals surface area contributed by atoms with Crippen molar-refractivity contribution < 1.29 is 19.3 Å². The van der Waals surface area contributed by atoms with Crippen molar-refractivity contribution >= 4 is 22.7 Å². The molecule has 0 heterocycles. The quantitative estimate of drug-likeness (QED) is 0.763. The van der Waals surface area contributed by atoms with E-state index < -0.39 is 11.9 Å². The lowest BCUT2D eigenvalue weighted by Gasteiger charge is -2.08. The summed E-state index contributed by atoms with van der Waals surface area (Å²) in [6.45, 7) is 0. The molecule has 2 aromatic rings. The van der Waals surface area contributed by atoms with E-state index in [-0.39, 0.29) is 11.1 Å². The van der Waals surface area contributed by atoms with E-state index in [1.807, 2.05) is 0 Å². The van der Waals surface area contributed by atoms with Gasteiger partial charge in [0.2, 0.25) is 0 Å². The highest BCUT2D eigenvalue weighted by atomic mass is 16.7. The van der Waals surface area contributed by atoms with Crippen molar-refractivity contribution in [3.8, 4) is 0 Å². The molecule has 2 aromatic carbocycles. The Bertz CT molecular complexity index is 574. The zero-order valence-electron chi connectivity index (χ0n) is 9.25. The Morgan fingerprint density at radius 2 is 1.28 bits per heavy atom. The van der Waals surface area contributed by atoms with E-state index in [0.29, 0.717) is 10.8 Å². The summed E-state index contributed by atoms with van der Waals surface area (Å²) in [6, 6.07) is 9.82. The Morgan fingerprint density at radius 1 is 0.833 bits per heavy atom. The van der Waals surface area contributed by atoms with Gasteiger partial charge in [0.25, 0.3) is 0 Å². The van der Waals surface area contributed by atoms with Crippen molar-refractivity contribution in [3.63, 3.8) is 0 Å². The maximum absolute atomic E-state index is 11.6. The highest BCUT2D eigenvalue weighted by Crippen LogP contribution is 2.24. The number of carbonyl (C=O) groups excluding carboxylic acids is 2. The summed E-state index contributed by atoms with van der Waals surface area (Å²) in [5, 5.41) is 1.08. The molecule has 0 atom stereocenters. The van der Waals surface area contributed by atoms with Crippen LogP contribution < -0.4 is 11.8 Å². The molecule has 92 valence electrons. The molecule has 0 bridgehead atoms. The normalized spacial score (nSPS) is 10.1. The Morgan fingerprint density at radius 3 is 1.67 bits per heavy atom. The highest BCUT2D eigenvalue weighted by molar-refractivity contribution is 6.13. The summed E-state index contributed by atoms with van der Waals surface area (Å²) in [6.07, 6.45) is 0. The molecule has 0 radical (unpaired) electrons. The first kappa shape index (κ1) is 12.0. The number of benzene rings is 2. The molecule has 0 unspecified atom stereocenters. The summed E-state index contributed by atoms with van der Waals surface area (Å²) in [5.41, 5.74) is 0.354. The van der Waals surface area contributed by atoms with Crippen LogP contribution in [0.4, 0.5) is 0 Å². The average Bonchev–Trinajstić information content (AvgIpc) is 2.44. The zero-order chi connectivity index (χ0) is 13.1. The number of hydrogen-bond acceptors (Lipinski definition) is 6. The van der Waals surface area contributed by atoms with Crippen LogP contribution in [0, 0.1) is 0 Å². The third-order valence-corrected chi connectivity index (χ3v) is 2.56. The molecule has 6 nitrogen and oxygen atoms in total. The largest absolute Gasteiger partial charge is 0.370 e. The molecule has 6 heteroatoms. The van der Waals surface area contributed by atoms with Gasteiger partial charge in [-0.25, -0.2) is 9.59 Å². The molecule has 0 amide bonds. The van der Waals surface area contributed by atoms with Crippen LogP contribution in [0.3, 0.4) is 0 Å². The fraction of sp³-hybridized carbons (Fsp3) is 0. The minimum absolute atomic E-state index is 0.177. The monoisotopic (exact) mass is 246 g/mol. The number of rotatable bonds is 2. The fourth-order valence-corrected chi connectivity index (χ4v) is 1.81. The van der Waals surface area contributed by atoms with Gasteiger partial charge in [0.1, 0.15) is 0 Å². The minimum Gasteiger partial charge on any atom is -0.370 e. The van der Waals surface area contributed by atoms with E-state index in [9.17, 15) is 9.59 Å². The minimum atomic E-state index is -0.738. The number of carbonyl (C=O) groups is 2. The van der Waals surface area contributed by atoms with Crippen molar-refractivity contribution in [1.29, 1.82) is 0 Å². The first-order chi connectivity index (χ1) is 8.69. The van der Waals surface area contributed by atoms with Crippen molar-refractivity contribution in [2.24, 2.45) is 11.8 Å². The zero-order valence-corrected chi connectivity index (χ0v) is 9.25. The third-order valence-electron chi connectivity index (χ3n) is 2.56. The summed E-state index contributed by atoms with van der Waals surface area (Å²) in [7, 11) is 0. The molecule has 4 N–H and O–H groups in total. The summed E-state index contributed by atoms with van der Waals surface area (Å²) in [4.78, 5) is 31.5. The molecular weight excluding hydrogens is 236 g/mol. The second kappa shape index (κ2) is 4.82. The van der Waals surface area contributed by atoms with E-state index in [1.54, 1.807) is 24.3 Å². The van der Waals surface area contributed by atoms with Crippen LogP contribution in [-0.4, -0.2) is 11.9 Å². The highest BCUT2D eigenvalue weighted by Gasteiger charge is 2.18. The molecule has 0 aliphatic carbocycles. The van der Waals surface area contributed by atoms with Crippen molar-refractivity contribution in [2.45, 2.75) is 0 Å². The molecule has 0 aliphatic heterocycles. The molecule has 2 rings (SSSR count). The van der Waals surface area contributed by atoms with Crippen LogP contribution in [-0.2, 0) is 9.68 Å². The number of fused-ring (bicyclic) bond motifs is 1. The molecule has 0 aromatic heterocycles. The second-order valence-corrected chi connectivity index (χ2v) is 3.52. The van der Waals surface area contributed by atoms with E-state index in [4.69, 9.17) is 11.8 Å². The van der Waals surface area contributed by atoms with Gasteiger partial charge in [0.05, 0.1) is 11.1 Å².